The van der Waals surface area contributed by atoms with E-state index in [9.17, 15) is 4.39 Å². The minimum Gasteiger partial charge on any atom is -0.508 e. The van der Waals surface area contributed by atoms with Crippen molar-refractivity contribution >= 4 is 7.32 Å². The second kappa shape index (κ2) is 5.22. The summed E-state index contributed by atoms with van der Waals surface area (Å²) in [6.07, 6.45) is 6.13. The van der Waals surface area contributed by atoms with Crippen LogP contribution >= 0.6 is 0 Å². The fourth-order valence-corrected chi connectivity index (χ4v) is 0.721. The molecule has 1 heterocycles. The highest BCUT2D eigenvalue weighted by atomic mass is 19.1. The topological polar surface area (TPSA) is 51.6 Å². The lowest BCUT2D eigenvalue weighted by Gasteiger charge is -2.07. The van der Waals surface area contributed by atoms with Gasteiger partial charge in [0, 0.05) is 6.20 Å². The summed E-state index contributed by atoms with van der Waals surface area (Å²) in [5.41, 5.74) is 0. The summed E-state index contributed by atoms with van der Waals surface area (Å²) in [6, 6.07) is 2.77. The Morgan fingerprint density at radius 3 is 3.14 bits per heavy atom. The molecule has 0 amide bonds. The van der Waals surface area contributed by atoms with Crippen molar-refractivity contribution in [2.75, 3.05) is 6.61 Å². The molecule has 0 saturated carbocycles. The largest absolute Gasteiger partial charge is 0.711 e. The molecule has 0 bridgehead atoms. The fraction of sp³-hybridized carbons (Fsp3) is 0.125. The smallest absolute Gasteiger partial charge is 0.508 e. The SMILES string of the molecule is C#CCOB(O)Oc1cccnc1F. The third kappa shape index (κ3) is 3.05. The van der Waals surface area contributed by atoms with Crippen LogP contribution in [0, 0.1) is 18.3 Å². The van der Waals surface area contributed by atoms with Crippen molar-refractivity contribution < 1.29 is 18.7 Å². The third-order valence-electron chi connectivity index (χ3n) is 1.26. The third-order valence-corrected chi connectivity index (χ3v) is 1.26. The van der Waals surface area contributed by atoms with Crippen molar-refractivity contribution in [1.29, 1.82) is 0 Å². The van der Waals surface area contributed by atoms with Crippen molar-refractivity contribution in [3.05, 3.63) is 24.3 Å². The lowest BCUT2D eigenvalue weighted by atomic mass is 10.2. The molecule has 0 fully saturated rings. The Bertz CT molecular complexity index is 342. The molecule has 4 nitrogen and oxygen atoms in total. The number of terminal acetylenes is 1. The van der Waals surface area contributed by atoms with E-state index in [0.717, 1.165) is 0 Å². The molecule has 0 radical (unpaired) electrons. The number of nitrogens with zero attached hydrogens (tertiary/aromatic N) is 1. The fourth-order valence-electron chi connectivity index (χ4n) is 0.721. The minimum absolute atomic E-state index is 0.122. The monoisotopic (exact) mass is 195 g/mol. The molecule has 1 rings (SSSR count). The number of hydrogen-bond donors (Lipinski definition) is 1. The highest BCUT2D eigenvalue weighted by Gasteiger charge is 2.19. The van der Waals surface area contributed by atoms with Crippen LogP contribution in [0.3, 0.4) is 0 Å². The Morgan fingerprint density at radius 1 is 1.71 bits per heavy atom. The quantitative estimate of drug-likeness (QED) is 0.424. The van der Waals surface area contributed by atoms with Gasteiger partial charge in [-0.3, -0.25) is 0 Å². The maximum absolute atomic E-state index is 12.8. The zero-order valence-corrected chi connectivity index (χ0v) is 7.18. The molecule has 0 atom stereocenters. The van der Waals surface area contributed by atoms with Gasteiger partial charge in [0.25, 0.3) is 5.95 Å². The molecular formula is C8H7BFNO3. The maximum Gasteiger partial charge on any atom is 0.711 e. The predicted octanol–water partition coefficient (Wildman–Crippen LogP) is 0.227. The first-order chi connectivity index (χ1) is 6.74. The summed E-state index contributed by atoms with van der Waals surface area (Å²) in [5, 5.41) is 9.02. The molecule has 0 aliphatic rings. The molecule has 0 unspecified atom stereocenters. The first-order valence-electron chi connectivity index (χ1n) is 3.74. The minimum atomic E-state index is -1.59. The molecule has 1 aromatic heterocycles. The summed E-state index contributed by atoms with van der Waals surface area (Å²) in [5.74, 6) is 1.11. The van der Waals surface area contributed by atoms with Gasteiger partial charge >= 0.3 is 7.32 Å². The average Bonchev–Trinajstić information content (AvgIpc) is 2.18. The lowest BCUT2D eigenvalue weighted by Crippen LogP contribution is -2.26. The van der Waals surface area contributed by atoms with E-state index in [0.29, 0.717) is 0 Å². The van der Waals surface area contributed by atoms with Crippen LogP contribution in [0.1, 0.15) is 0 Å². The molecule has 0 aromatic carbocycles. The van der Waals surface area contributed by atoms with Crippen molar-refractivity contribution in [1.82, 2.24) is 4.98 Å². The van der Waals surface area contributed by atoms with Crippen LogP contribution in [-0.4, -0.2) is 23.9 Å². The zero-order valence-electron chi connectivity index (χ0n) is 7.18. The first kappa shape index (κ1) is 10.5. The number of halogens is 1. The number of pyridine rings is 1. The molecule has 0 saturated heterocycles. The van der Waals surface area contributed by atoms with Gasteiger partial charge in [0.2, 0.25) is 0 Å². The second-order valence-electron chi connectivity index (χ2n) is 2.23. The maximum atomic E-state index is 12.8. The molecular weight excluding hydrogens is 188 g/mol. The summed E-state index contributed by atoms with van der Waals surface area (Å²) in [4.78, 5) is 3.31. The van der Waals surface area contributed by atoms with Crippen LogP contribution in [0.4, 0.5) is 4.39 Å². The van der Waals surface area contributed by atoms with Gasteiger partial charge in [-0.15, -0.1) is 6.42 Å². The van der Waals surface area contributed by atoms with Crippen molar-refractivity contribution in [3.63, 3.8) is 0 Å². The predicted molar refractivity (Wildman–Crippen MR) is 47.6 cm³/mol. The van der Waals surface area contributed by atoms with E-state index in [1.807, 2.05) is 0 Å². The van der Waals surface area contributed by atoms with Crippen LogP contribution in [-0.2, 0) is 4.65 Å². The van der Waals surface area contributed by atoms with Crippen LogP contribution in [0.15, 0.2) is 18.3 Å². The van der Waals surface area contributed by atoms with E-state index in [4.69, 9.17) is 11.4 Å². The van der Waals surface area contributed by atoms with Crippen molar-refractivity contribution in [2.45, 2.75) is 0 Å². The summed E-state index contributed by atoms with van der Waals surface area (Å²) < 4.78 is 22.0. The summed E-state index contributed by atoms with van der Waals surface area (Å²) in [7, 11) is -1.59. The number of rotatable bonds is 4. The van der Waals surface area contributed by atoms with E-state index >= 15 is 0 Å². The molecule has 1 N–H and O–H groups in total. The van der Waals surface area contributed by atoms with E-state index in [1.54, 1.807) is 0 Å². The number of hydrogen-bond acceptors (Lipinski definition) is 4. The van der Waals surface area contributed by atoms with Crippen LogP contribution in [0.2, 0.25) is 0 Å². The van der Waals surface area contributed by atoms with Gasteiger partial charge in [0.05, 0.1) is 6.61 Å². The Labute approximate surface area is 80.9 Å². The van der Waals surface area contributed by atoms with Gasteiger partial charge in [0.1, 0.15) is 0 Å². The van der Waals surface area contributed by atoms with Crippen LogP contribution < -0.4 is 4.65 Å². The number of aromatic nitrogens is 1. The zero-order chi connectivity index (χ0) is 10.4. The van der Waals surface area contributed by atoms with Gasteiger partial charge in [-0.2, -0.15) is 4.39 Å². The normalized spacial score (nSPS) is 9.21. The van der Waals surface area contributed by atoms with Gasteiger partial charge in [-0.05, 0) is 12.1 Å². The summed E-state index contributed by atoms with van der Waals surface area (Å²) in [6.45, 7) is -0.122. The van der Waals surface area contributed by atoms with Gasteiger partial charge in [-0.25, -0.2) is 4.98 Å². The highest BCUT2D eigenvalue weighted by molar-refractivity contribution is 6.35. The van der Waals surface area contributed by atoms with Crippen LogP contribution in [0.5, 0.6) is 5.75 Å². The molecule has 14 heavy (non-hydrogen) atoms. The van der Waals surface area contributed by atoms with E-state index < -0.39 is 13.3 Å². The average molecular weight is 195 g/mol. The van der Waals surface area contributed by atoms with Gasteiger partial charge < -0.3 is 14.3 Å². The summed E-state index contributed by atoms with van der Waals surface area (Å²) >= 11 is 0. The molecule has 6 heteroatoms. The molecule has 72 valence electrons. The Morgan fingerprint density at radius 2 is 2.50 bits per heavy atom. The first-order valence-corrected chi connectivity index (χ1v) is 3.74. The van der Waals surface area contributed by atoms with Crippen molar-refractivity contribution in [2.24, 2.45) is 0 Å². The van der Waals surface area contributed by atoms with E-state index in [2.05, 4.69) is 20.2 Å². The van der Waals surface area contributed by atoms with Crippen LogP contribution in [0.25, 0.3) is 0 Å². The standard InChI is InChI=1S/C8H7BFNO3/c1-2-6-13-9(12)14-7-4-3-5-11-8(7)10/h1,3-5,12H,6H2. The Kier molecular flexibility index (Phi) is 3.92. The second-order valence-corrected chi connectivity index (χ2v) is 2.23. The molecule has 0 aliphatic heterocycles. The highest BCUT2D eigenvalue weighted by Crippen LogP contribution is 2.13. The van der Waals surface area contributed by atoms with Gasteiger partial charge in [-0.1, -0.05) is 5.92 Å². The molecule has 0 aliphatic carbocycles. The van der Waals surface area contributed by atoms with E-state index in [1.165, 1.54) is 18.3 Å². The molecule has 1 aromatic rings. The lowest BCUT2D eigenvalue weighted by molar-refractivity contribution is 0.214. The van der Waals surface area contributed by atoms with Gasteiger partial charge in [0.15, 0.2) is 5.75 Å². The van der Waals surface area contributed by atoms with E-state index in [-0.39, 0.29) is 12.4 Å². The Hall–Kier alpha value is -1.58. The Balaban J connectivity index is 2.52. The molecule has 0 spiro atoms. The van der Waals surface area contributed by atoms with Crippen molar-refractivity contribution in [3.8, 4) is 18.1 Å².